The van der Waals surface area contributed by atoms with Crippen LogP contribution in [0.2, 0.25) is 0 Å². The number of methoxy groups -OCH3 is 1. The van der Waals surface area contributed by atoms with Crippen LogP contribution in [0, 0.1) is 17.0 Å². The molecule has 0 radical (unpaired) electrons. The first-order chi connectivity index (χ1) is 20.7. The molecular weight excluding hydrogens is 564 g/mol. The van der Waals surface area contributed by atoms with Crippen LogP contribution >= 0.6 is 0 Å². The average molecular weight is 590 g/mol. The van der Waals surface area contributed by atoms with Crippen molar-refractivity contribution < 1.29 is 37.6 Å². The minimum Gasteiger partial charge on any atom is -0.504 e. The first-order valence-electron chi connectivity index (χ1n) is 12.8. The number of hydrogen-bond acceptors (Lipinski definition) is 10. The fourth-order valence-electron chi connectivity index (χ4n) is 4.26. The number of halogens is 2. The Balaban J connectivity index is 1.59. The van der Waals surface area contributed by atoms with Gasteiger partial charge in [-0.05, 0) is 42.5 Å². The van der Waals surface area contributed by atoms with Crippen molar-refractivity contribution in [3.05, 3.63) is 94.5 Å². The lowest BCUT2D eigenvalue weighted by Crippen LogP contribution is -2.23. The minimum absolute atomic E-state index is 0.0241. The van der Waals surface area contributed by atoms with E-state index in [1.54, 1.807) is 24.1 Å². The summed E-state index contributed by atoms with van der Waals surface area (Å²) in [5.41, 5.74) is 6.65. The van der Waals surface area contributed by atoms with Gasteiger partial charge in [0.2, 0.25) is 17.4 Å². The first kappa shape index (κ1) is 28.8. The summed E-state index contributed by atoms with van der Waals surface area (Å²) in [6.07, 6.45) is 2.65. The number of aliphatic imine (C=N–C) groups is 1. The fraction of sp³-hybridized carbons (Fsp3) is 0.167. The van der Waals surface area contributed by atoms with Crippen LogP contribution in [-0.4, -0.2) is 59.8 Å². The van der Waals surface area contributed by atoms with Gasteiger partial charge >= 0.3 is 0 Å². The Kier molecular flexibility index (Phi) is 8.08. The maximum atomic E-state index is 15.9. The van der Waals surface area contributed by atoms with Crippen LogP contribution < -0.4 is 19.9 Å². The number of allylic oxidation sites excluding steroid dienone is 3. The molecule has 2 aliphatic rings. The van der Waals surface area contributed by atoms with Gasteiger partial charge in [0.1, 0.15) is 29.1 Å². The summed E-state index contributed by atoms with van der Waals surface area (Å²) in [6.45, 7) is 1.37. The molecule has 0 saturated carbocycles. The van der Waals surface area contributed by atoms with Crippen LogP contribution in [0.3, 0.4) is 0 Å². The molecule has 2 heterocycles. The smallest absolute Gasteiger partial charge is 0.263 e. The zero-order valence-electron chi connectivity index (χ0n) is 23.0. The van der Waals surface area contributed by atoms with E-state index in [0.29, 0.717) is 12.1 Å². The number of phenolic OH excluding ortho intramolecular Hbond substituents is 1. The van der Waals surface area contributed by atoms with Crippen molar-refractivity contribution in [3.8, 4) is 34.8 Å². The summed E-state index contributed by atoms with van der Waals surface area (Å²) in [5, 5.41) is 18.0. The molecule has 3 aromatic rings. The number of nitrogens with two attached hydrogens (primary N) is 1. The Labute approximate surface area is 244 Å². The number of ether oxygens (including phenoxy) is 4. The highest BCUT2D eigenvalue weighted by atomic mass is 19.1. The number of rotatable bonds is 9. The number of hydrogen-bond donors (Lipinski definition) is 3. The van der Waals surface area contributed by atoms with E-state index in [1.807, 2.05) is 18.0 Å². The third kappa shape index (κ3) is 6.02. The number of nitrogens with zero attached hydrogens (tertiary/aromatic N) is 3. The van der Waals surface area contributed by atoms with Gasteiger partial charge in [0.05, 0.1) is 13.7 Å². The number of nitrogen functional groups attached to an aromatic ring is 1. The summed E-state index contributed by atoms with van der Waals surface area (Å²) in [4.78, 5) is 21.4. The Hall–Kier alpha value is -5.68. The Bertz CT molecular complexity index is 1760. The molecule has 0 unspecified atom stereocenters. The molecule has 1 aromatic heterocycles. The maximum Gasteiger partial charge on any atom is 0.263 e. The lowest BCUT2D eigenvalue weighted by Gasteiger charge is -2.19. The van der Waals surface area contributed by atoms with Gasteiger partial charge in [-0.25, -0.2) is 4.79 Å². The van der Waals surface area contributed by atoms with E-state index in [1.165, 1.54) is 37.5 Å². The summed E-state index contributed by atoms with van der Waals surface area (Å²) in [6, 6.07) is 10.4. The van der Waals surface area contributed by atoms with E-state index in [4.69, 9.17) is 30.1 Å². The number of phenols is 1. The quantitative estimate of drug-likeness (QED) is 0.185. The molecule has 2 aromatic carbocycles. The number of pyridine rings is 1. The molecule has 13 heteroatoms. The largest absolute Gasteiger partial charge is 0.504 e. The van der Waals surface area contributed by atoms with Gasteiger partial charge in [-0.2, -0.15) is 13.8 Å². The number of aromatic hydroxyl groups is 1. The first-order valence-corrected chi connectivity index (χ1v) is 12.8. The monoisotopic (exact) mass is 589 g/mol. The molecule has 0 bridgehead atoms. The van der Waals surface area contributed by atoms with Gasteiger partial charge < -0.3 is 34.7 Å². The molecule has 0 spiro atoms. The molecule has 0 atom stereocenters. The molecule has 1 aliphatic heterocycles. The number of amidine groups is 2. The van der Waals surface area contributed by atoms with Gasteiger partial charge in [-0.15, -0.1) is 0 Å². The van der Waals surface area contributed by atoms with E-state index < -0.39 is 34.9 Å². The van der Waals surface area contributed by atoms with Crippen molar-refractivity contribution in [2.75, 3.05) is 27.2 Å². The number of likely N-dealkylation sites (N-methyl/N-ethyl adjacent to an activating group) is 1. The number of carbonyl (C=O) groups excluding carboxylic acids is 1. The van der Waals surface area contributed by atoms with Crippen LogP contribution in [-0.2, 0) is 9.53 Å². The molecule has 0 saturated heterocycles. The third-order valence-electron chi connectivity index (χ3n) is 6.47. The zero-order valence-corrected chi connectivity index (χ0v) is 23.0. The number of nitrogens with one attached hydrogen (secondary N) is 1. The molecule has 4 N–H and O–H groups in total. The fourth-order valence-corrected chi connectivity index (χ4v) is 4.26. The van der Waals surface area contributed by atoms with Crippen molar-refractivity contribution in [3.63, 3.8) is 0 Å². The second kappa shape index (κ2) is 12.0. The second-order valence-electron chi connectivity index (χ2n) is 9.37. The molecular formula is C30H25F2N5O6. The highest BCUT2D eigenvalue weighted by molar-refractivity contribution is 6.00. The molecule has 11 nitrogen and oxygen atoms in total. The third-order valence-corrected chi connectivity index (χ3v) is 6.47. The van der Waals surface area contributed by atoms with Crippen molar-refractivity contribution >= 4 is 17.6 Å². The predicted octanol–water partition coefficient (Wildman–Crippen LogP) is 4.58. The van der Waals surface area contributed by atoms with Crippen molar-refractivity contribution in [1.29, 1.82) is 5.41 Å². The molecule has 43 heavy (non-hydrogen) atoms. The van der Waals surface area contributed by atoms with E-state index in [9.17, 15) is 9.90 Å². The van der Waals surface area contributed by atoms with E-state index in [0.717, 1.165) is 12.4 Å². The number of benzene rings is 2. The van der Waals surface area contributed by atoms with Gasteiger partial charge in [-0.1, -0.05) is 12.1 Å². The van der Waals surface area contributed by atoms with Crippen LogP contribution in [0.5, 0.6) is 34.8 Å². The second-order valence-corrected chi connectivity index (χ2v) is 9.37. The standard InChI is InChI=1S/C30H25F2N5O6/c1-37-11-10-35-28(37)18-4-3-5-19(13-18)41-29-24(31)26(42-21-9-6-16(15-38)12-23(21)40-2)25(32)30(36-29)43-22-14-17(27(33)34)7-8-20(22)39/h3-9,13-14,39H,10-12H2,1-2H3,(H3,33,34). The van der Waals surface area contributed by atoms with E-state index in [2.05, 4.69) is 9.98 Å². The Morgan fingerprint density at radius 1 is 1.09 bits per heavy atom. The van der Waals surface area contributed by atoms with Gasteiger partial charge in [0.25, 0.3) is 11.8 Å². The summed E-state index contributed by atoms with van der Waals surface area (Å²) < 4.78 is 53.9. The van der Waals surface area contributed by atoms with Gasteiger partial charge in [0.15, 0.2) is 17.3 Å². The number of aromatic nitrogens is 1. The van der Waals surface area contributed by atoms with Crippen LogP contribution in [0.25, 0.3) is 0 Å². The van der Waals surface area contributed by atoms with E-state index >= 15 is 8.78 Å². The Morgan fingerprint density at radius 2 is 1.86 bits per heavy atom. The summed E-state index contributed by atoms with van der Waals surface area (Å²) in [5.74, 6) is -3.59. The van der Waals surface area contributed by atoms with Crippen LogP contribution in [0.15, 0.2) is 76.7 Å². The van der Waals surface area contributed by atoms with Crippen molar-refractivity contribution in [1.82, 2.24) is 9.88 Å². The normalized spacial score (nSPS) is 14.4. The highest BCUT2D eigenvalue weighted by Crippen LogP contribution is 2.41. The van der Waals surface area contributed by atoms with Gasteiger partial charge in [0, 0.05) is 36.7 Å². The SMILES string of the molecule is COC1=C(Oc2c(F)c(Oc3cccc(C4=NCCN4C)c3)nc(Oc3cc(C(=N)N)ccc3O)c2F)C=CC(=C=O)C1. The topological polar surface area (TPSA) is 153 Å². The molecule has 1 aliphatic carbocycles. The summed E-state index contributed by atoms with van der Waals surface area (Å²) >= 11 is 0. The maximum absolute atomic E-state index is 15.9. The molecule has 5 rings (SSSR count). The van der Waals surface area contributed by atoms with Crippen LogP contribution in [0.4, 0.5) is 8.78 Å². The molecule has 0 amide bonds. The average Bonchev–Trinajstić information content (AvgIpc) is 3.44. The zero-order chi connectivity index (χ0) is 30.7. The lowest BCUT2D eigenvalue weighted by atomic mass is 10.1. The lowest BCUT2D eigenvalue weighted by molar-refractivity contribution is 0.248. The van der Waals surface area contributed by atoms with Crippen LogP contribution in [0.1, 0.15) is 17.5 Å². The van der Waals surface area contributed by atoms with Crippen molar-refractivity contribution in [2.24, 2.45) is 10.7 Å². The summed E-state index contributed by atoms with van der Waals surface area (Å²) in [7, 11) is 3.20. The molecule has 0 fully saturated rings. The minimum atomic E-state index is -1.37. The van der Waals surface area contributed by atoms with Crippen molar-refractivity contribution in [2.45, 2.75) is 6.42 Å². The highest BCUT2D eigenvalue weighted by Gasteiger charge is 2.28. The Morgan fingerprint density at radius 3 is 2.53 bits per heavy atom. The van der Waals surface area contributed by atoms with Gasteiger partial charge in [-0.3, -0.25) is 10.4 Å². The predicted molar refractivity (Wildman–Crippen MR) is 152 cm³/mol. The molecule has 220 valence electrons. The van der Waals surface area contributed by atoms with E-state index in [-0.39, 0.29) is 46.4 Å².